The van der Waals surface area contributed by atoms with Gasteiger partial charge in [-0.1, -0.05) is 51.1 Å². The number of hydrogen-bond acceptors (Lipinski definition) is 3. The molecule has 0 saturated carbocycles. The first-order chi connectivity index (χ1) is 11.9. The highest BCUT2D eigenvalue weighted by atomic mass is 16.3. The Labute approximate surface area is 149 Å². The number of nitrogens with one attached hydrogen (secondary N) is 1. The number of rotatable bonds is 7. The molecule has 6 nitrogen and oxygen atoms in total. The lowest BCUT2D eigenvalue weighted by Crippen LogP contribution is -2.41. The van der Waals surface area contributed by atoms with Crippen LogP contribution in [0.2, 0.25) is 0 Å². The van der Waals surface area contributed by atoms with Crippen molar-refractivity contribution in [2.45, 2.75) is 33.7 Å². The number of carbonyl (C=O) groups excluding carboxylic acids is 1. The molecule has 136 valence electrons. The lowest BCUT2D eigenvalue weighted by molar-refractivity contribution is 0.176. The summed E-state index contributed by atoms with van der Waals surface area (Å²) in [6.45, 7) is 8.14. The van der Waals surface area contributed by atoms with Crippen molar-refractivity contribution in [3.8, 4) is 0 Å². The molecule has 0 bridgehead atoms. The van der Waals surface area contributed by atoms with Gasteiger partial charge in [0.2, 0.25) is 0 Å². The number of nitrogens with zero attached hydrogens (tertiary/aromatic N) is 3. The van der Waals surface area contributed by atoms with Crippen molar-refractivity contribution in [3.05, 3.63) is 48.3 Å². The highest BCUT2D eigenvalue weighted by molar-refractivity contribution is 5.89. The van der Waals surface area contributed by atoms with Crippen LogP contribution in [0.5, 0.6) is 0 Å². The zero-order valence-electron chi connectivity index (χ0n) is 15.3. The fraction of sp³-hybridized carbons (Fsp3) is 0.474. The van der Waals surface area contributed by atoms with E-state index in [2.05, 4.69) is 31.2 Å². The Balaban J connectivity index is 1.98. The number of aromatic nitrogens is 2. The zero-order valence-corrected chi connectivity index (χ0v) is 15.3. The molecule has 1 heterocycles. The van der Waals surface area contributed by atoms with Gasteiger partial charge in [-0.15, -0.1) is 0 Å². The van der Waals surface area contributed by atoms with E-state index in [0.29, 0.717) is 31.7 Å². The van der Waals surface area contributed by atoms with E-state index < -0.39 is 0 Å². The summed E-state index contributed by atoms with van der Waals surface area (Å²) in [5, 5.41) is 16.3. The number of hydrogen-bond donors (Lipinski definition) is 2. The van der Waals surface area contributed by atoms with Gasteiger partial charge in [0.25, 0.3) is 0 Å². The topological polar surface area (TPSA) is 70.4 Å². The average Bonchev–Trinajstić information content (AvgIpc) is 2.98. The van der Waals surface area contributed by atoms with Crippen molar-refractivity contribution in [1.29, 1.82) is 0 Å². The van der Waals surface area contributed by atoms with Crippen LogP contribution in [0.25, 0.3) is 0 Å². The predicted octanol–water partition coefficient (Wildman–Crippen LogP) is 3.19. The number of carbonyl (C=O) groups is 1. The van der Waals surface area contributed by atoms with Crippen LogP contribution < -0.4 is 5.32 Å². The molecule has 1 aromatic carbocycles. The normalized spacial score (nSPS) is 11.4. The summed E-state index contributed by atoms with van der Waals surface area (Å²) in [7, 11) is 0. The molecule has 0 aliphatic carbocycles. The Morgan fingerprint density at radius 3 is 2.64 bits per heavy atom. The molecule has 0 spiro atoms. The third-order valence-electron chi connectivity index (χ3n) is 3.61. The van der Waals surface area contributed by atoms with Crippen LogP contribution in [0.1, 0.15) is 32.8 Å². The third kappa shape index (κ3) is 6.58. The first-order valence-corrected chi connectivity index (χ1v) is 8.60. The van der Waals surface area contributed by atoms with Crippen molar-refractivity contribution in [2.75, 3.05) is 25.0 Å². The molecule has 6 heteroatoms. The zero-order chi connectivity index (χ0) is 18.3. The summed E-state index contributed by atoms with van der Waals surface area (Å²) in [5.74, 6) is 0. The number of urea groups is 1. The maximum Gasteiger partial charge on any atom is 0.321 e. The summed E-state index contributed by atoms with van der Waals surface area (Å²) >= 11 is 0. The highest BCUT2D eigenvalue weighted by Crippen LogP contribution is 2.17. The molecule has 0 aliphatic heterocycles. The molecule has 0 aliphatic rings. The summed E-state index contributed by atoms with van der Waals surface area (Å²) in [5.41, 5.74) is 1.81. The fourth-order valence-electron chi connectivity index (χ4n) is 2.57. The van der Waals surface area contributed by atoms with Crippen LogP contribution in [-0.2, 0) is 6.54 Å². The van der Waals surface area contributed by atoms with Crippen LogP contribution in [-0.4, -0.2) is 45.5 Å². The molecule has 0 fully saturated rings. The predicted molar refractivity (Wildman–Crippen MR) is 99.5 cm³/mol. The molecular formula is C19H28N4O2. The maximum absolute atomic E-state index is 12.6. The van der Waals surface area contributed by atoms with Crippen molar-refractivity contribution >= 4 is 11.7 Å². The SMILES string of the molecule is CC(C)(C)CN(CCCO)C(=O)Nc1cnn(Cc2ccccc2)c1. The summed E-state index contributed by atoms with van der Waals surface area (Å²) in [4.78, 5) is 14.3. The van der Waals surface area contributed by atoms with Gasteiger partial charge >= 0.3 is 6.03 Å². The van der Waals surface area contributed by atoms with E-state index in [0.717, 1.165) is 5.56 Å². The van der Waals surface area contributed by atoms with Crippen LogP contribution in [0.15, 0.2) is 42.7 Å². The highest BCUT2D eigenvalue weighted by Gasteiger charge is 2.21. The van der Waals surface area contributed by atoms with Crippen LogP contribution in [0.4, 0.5) is 10.5 Å². The lowest BCUT2D eigenvalue weighted by Gasteiger charge is -2.29. The second kappa shape index (κ2) is 8.67. The second-order valence-corrected chi connectivity index (χ2v) is 7.40. The van der Waals surface area contributed by atoms with E-state index in [1.807, 2.05) is 36.5 Å². The molecule has 0 radical (unpaired) electrons. The van der Waals surface area contributed by atoms with Crippen molar-refractivity contribution in [3.63, 3.8) is 0 Å². The standard InChI is InChI=1S/C19H28N4O2/c1-19(2,3)15-22(10-7-11-24)18(25)21-17-12-20-23(14-17)13-16-8-5-4-6-9-16/h4-6,8-9,12,14,24H,7,10-11,13,15H2,1-3H3,(H,21,25). The minimum Gasteiger partial charge on any atom is -0.396 e. The molecule has 1 aromatic heterocycles. The van der Waals surface area contributed by atoms with Crippen molar-refractivity contribution in [2.24, 2.45) is 5.41 Å². The van der Waals surface area contributed by atoms with E-state index in [9.17, 15) is 4.79 Å². The van der Waals surface area contributed by atoms with Gasteiger partial charge in [-0.25, -0.2) is 4.79 Å². The molecule has 0 atom stereocenters. The first kappa shape index (κ1) is 19.0. The summed E-state index contributed by atoms with van der Waals surface area (Å²) < 4.78 is 1.80. The van der Waals surface area contributed by atoms with Gasteiger partial charge in [-0.2, -0.15) is 5.10 Å². The number of amides is 2. The first-order valence-electron chi connectivity index (χ1n) is 8.60. The molecule has 2 N–H and O–H groups in total. The van der Waals surface area contributed by atoms with Gasteiger partial charge in [0.05, 0.1) is 18.4 Å². The molecule has 0 saturated heterocycles. The van der Waals surface area contributed by atoms with Gasteiger partial charge in [0.15, 0.2) is 0 Å². The molecule has 2 rings (SSSR count). The van der Waals surface area contributed by atoms with E-state index in [1.54, 1.807) is 15.8 Å². The van der Waals surface area contributed by atoms with Crippen LogP contribution in [0.3, 0.4) is 0 Å². The Morgan fingerprint density at radius 1 is 1.28 bits per heavy atom. The van der Waals surface area contributed by atoms with E-state index in [-0.39, 0.29) is 18.1 Å². The van der Waals surface area contributed by atoms with Crippen molar-refractivity contribution < 1.29 is 9.90 Å². The number of benzene rings is 1. The molecule has 25 heavy (non-hydrogen) atoms. The number of aliphatic hydroxyl groups is 1. The number of aliphatic hydroxyl groups excluding tert-OH is 1. The molecule has 0 unspecified atom stereocenters. The van der Waals surface area contributed by atoms with Gasteiger partial charge in [0, 0.05) is 25.9 Å². The quantitative estimate of drug-likeness (QED) is 0.810. The Hall–Kier alpha value is -2.34. The lowest BCUT2D eigenvalue weighted by atomic mass is 9.96. The van der Waals surface area contributed by atoms with E-state index in [4.69, 9.17) is 5.11 Å². The van der Waals surface area contributed by atoms with Crippen molar-refractivity contribution in [1.82, 2.24) is 14.7 Å². The van der Waals surface area contributed by atoms with Gasteiger partial charge in [-0.05, 0) is 17.4 Å². The maximum atomic E-state index is 12.6. The largest absolute Gasteiger partial charge is 0.396 e. The average molecular weight is 344 g/mol. The second-order valence-electron chi connectivity index (χ2n) is 7.40. The fourth-order valence-corrected chi connectivity index (χ4v) is 2.57. The molecule has 2 aromatic rings. The minimum atomic E-state index is -0.164. The summed E-state index contributed by atoms with van der Waals surface area (Å²) in [6, 6.07) is 9.89. The van der Waals surface area contributed by atoms with E-state index >= 15 is 0 Å². The van der Waals surface area contributed by atoms with Crippen LogP contribution in [0, 0.1) is 5.41 Å². The monoisotopic (exact) mass is 344 g/mol. The summed E-state index contributed by atoms with van der Waals surface area (Å²) in [6.07, 6.45) is 4.05. The van der Waals surface area contributed by atoms with Gasteiger partial charge in [-0.3, -0.25) is 4.68 Å². The number of anilines is 1. The van der Waals surface area contributed by atoms with Gasteiger partial charge < -0.3 is 15.3 Å². The Bertz CT molecular complexity index is 662. The smallest absolute Gasteiger partial charge is 0.321 e. The third-order valence-corrected chi connectivity index (χ3v) is 3.61. The molecular weight excluding hydrogens is 316 g/mol. The van der Waals surface area contributed by atoms with Gasteiger partial charge in [0.1, 0.15) is 0 Å². The minimum absolute atomic E-state index is 0.00964. The molecule has 2 amide bonds. The van der Waals surface area contributed by atoms with E-state index in [1.165, 1.54) is 0 Å². The van der Waals surface area contributed by atoms with Crippen LogP contribution >= 0.6 is 0 Å². The Morgan fingerprint density at radius 2 is 2.00 bits per heavy atom. The Kier molecular flexibility index (Phi) is 6.58.